The smallest absolute Gasteiger partial charge is 0.226 e. The van der Waals surface area contributed by atoms with Gasteiger partial charge in [0.15, 0.2) is 11.8 Å². The predicted molar refractivity (Wildman–Crippen MR) is 106 cm³/mol. The molecule has 0 radical (unpaired) electrons. The number of allylic oxidation sites excluding steroid dienone is 1. The van der Waals surface area contributed by atoms with E-state index in [2.05, 4.69) is 45.8 Å². The van der Waals surface area contributed by atoms with Gasteiger partial charge < -0.3 is 14.7 Å². The molecular formula is C16H30IN5O. The molecule has 0 saturated heterocycles. The third-order valence-corrected chi connectivity index (χ3v) is 3.33. The highest BCUT2D eigenvalue weighted by molar-refractivity contribution is 14.0. The van der Waals surface area contributed by atoms with E-state index in [1.807, 2.05) is 13.1 Å². The Bertz CT molecular complexity index is 473. The van der Waals surface area contributed by atoms with E-state index in [0.717, 1.165) is 50.6 Å². The maximum Gasteiger partial charge on any atom is 0.226 e. The summed E-state index contributed by atoms with van der Waals surface area (Å²) in [6.45, 7) is 9.65. The average molecular weight is 435 g/mol. The molecule has 1 aromatic heterocycles. The number of aromatic nitrogens is 2. The third kappa shape index (κ3) is 8.34. The summed E-state index contributed by atoms with van der Waals surface area (Å²) in [6.07, 6.45) is 5.76. The molecule has 1 N–H and O–H groups in total. The number of unbranched alkanes of at least 4 members (excludes halogenated alkanes) is 1. The maximum absolute atomic E-state index is 5.23. The van der Waals surface area contributed by atoms with Gasteiger partial charge in [0, 0.05) is 39.5 Å². The van der Waals surface area contributed by atoms with Crippen LogP contribution in [0.15, 0.2) is 22.2 Å². The number of guanidine groups is 1. The summed E-state index contributed by atoms with van der Waals surface area (Å²) in [6, 6.07) is 0. The molecular weight excluding hydrogens is 405 g/mol. The highest BCUT2D eigenvalue weighted by Gasteiger charge is 2.09. The van der Waals surface area contributed by atoms with Gasteiger partial charge in [0.05, 0.1) is 0 Å². The summed E-state index contributed by atoms with van der Waals surface area (Å²) in [5, 5.41) is 7.33. The van der Waals surface area contributed by atoms with E-state index in [1.54, 1.807) is 7.05 Å². The molecule has 0 atom stereocenters. The van der Waals surface area contributed by atoms with E-state index in [0.29, 0.717) is 11.8 Å². The van der Waals surface area contributed by atoms with Crippen LogP contribution in [0.2, 0.25) is 0 Å². The lowest BCUT2D eigenvalue weighted by molar-refractivity contribution is 0.368. The number of rotatable bonds is 9. The summed E-state index contributed by atoms with van der Waals surface area (Å²) in [7, 11) is 3.85. The van der Waals surface area contributed by atoms with Gasteiger partial charge in [-0.2, -0.15) is 4.98 Å². The monoisotopic (exact) mass is 435 g/mol. The number of nitrogens with one attached hydrogen (secondary N) is 1. The van der Waals surface area contributed by atoms with E-state index in [-0.39, 0.29) is 24.0 Å². The van der Waals surface area contributed by atoms with E-state index in [1.165, 1.54) is 0 Å². The fraction of sp³-hybridized carbons (Fsp3) is 0.688. The molecule has 0 spiro atoms. The molecule has 1 aromatic rings. The molecule has 0 aliphatic carbocycles. The Morgan fingerprint density at radius 3 is 2.74 bits per heavy atom. The lowest BCUT2D eigenvalue weighted by Crippen LogP contribution is -2.39. The number of nitrogens with zero attached hydrogens (tertiary/aromatic N) is 4. The van der Waals surface area contributed by atoms with Crippen LogP contribution in [0.4, 0.5) is 0 Å². The number of aryl methyl sites for hydroxylation is 1. The van der Waals surface area contributed by atoms with Gasteiger partial charge >= 0.3 is 0 Å². The first-order valence-corrected chi connectivity index (χ1v) is 7.93. The molecule has 1 heterocycles. The Kier molecular flexibility index (Phi) is 11.7. The second-order valence-electron chi connectivity index (χ2n) is 5.63. The quantitative estimate of drug-likeness (QED) is 0.212. The van der Waals surface area contributed by atoms with Crippen molar-refractivity contribution in [2.75, 3.05) is 27.2 Å². The molecule has 6 nitrogen and oxygen atoms in total. The normalized spacial score (nSPS) is 11.3. The van der Waals surface area contributed by atoms with Crippen molar-refractivity contribution in [3.63, 3.8) is 0 Å². The zero-order chi connectivity index (χ0) is 16.4. The van der Waals surface area contributed by atoms with Crippen molar-refractivity contribution >= 4 is 29.9 Å². The summed E-state index contributed by atoms with van der Waals surface area (Å²) in [5.41, 5.74) is 0. The molecule has 1 rings (SSSR count). The van der Waals surface area contributed by atoms with Crippen LogP contribution in [0, 0.1) is 0 Å². The molecule has 0 aliphatic rings. The van der Waals surface area contributed by atoms with Crippen molar-refractivity contribution in [2.45, 2.75) is 45.4 Å². The highest BCUT2D eigenvalue weighted by Crippen LogP contribution is 2.10. The van der Waals surface area contributed by atoms with Crippen molar-refractivity contribution in [1.29, 1.82) is 0 Å². The van der Waals surface area contributed by atoms with Crippen molar-refractivity contribution in [2.24, 2.45) is 4.99 Å². The third-order valence-electron chi connectivity index (χ3n) is 3.33. The van der Waals surface area contributed by atoms with Gasteiger partial charge in [0.25, 0.3) is 0 Å². The van der Waals surface area contributed by atoms with Crippen molar-refractivity contribution in [3.8, 4) is 0 Å². The summed E-state index contributed by atoms with van der Waals surface area (Å²) in [5.74, 6) is 2.71. The van der Waals surface area contributed by atoms with Crippen LogP contribution in [0.3, 0.4) is 0 Å². The predicted octanol–water partition coefficient (Wildman–Crippen LogP) is 3.22. The lowest BCUT2D eigenvalue weighted by atomic mass is 10.2. The van der Waals surface area contributed by atoms with Crippen LogP contribution in [-0.4, -0.2) is 48.2 Å². The van der Waals surface area contributed by atoms with Crippen LogP contribution in [-0.2, 0) is 6.42 Å². The minimum absolute atomic E-state index is 0. The molecule has 0 fully saturated rings. The van der Waals surface area contributed by atoms with Gasteiger partial charge in [0.1, 0.15) is 0 Å². The average Bonchev–Trinajstić information content (AvgIpc) is 2.96. The minimum Gasteiger partial charge on any atom is -0.356 e. The fourth-order valence-electron chi connectivity index (χ4n) is 2.01. The van der Waals surface area contributed by atoms with Crippen LogP contribution >= 0.6 is 24.0 Å². The summed E-state index contributed by atoms with van der Waals surface area (Å²) in [4.78, 5) is 10.8. The first kappa shape index (κ1) is 21.9. The van der Waals surface area contributed by atoms with E-state index in [4.69, 9.17) is 4.52 Å². The molecule has 0 saturated carbocycles. The van der Waals surface area contributed by atoms with Crippen LogP contribution in [0.25, 0.3) is 0 Å². The Morgan fingerprint density at radius 1 is 1.43 bits per heavy atom. The van der Waals surface area contributed by atoms with Crippen molar-refractivity contribution in [3.05, 3.63) is 24.4 Å². The van der Waals surface area contributed by atoms with Gasteiger partial charge in [-0.25, -0.2) is 0 Å². The first-order chi connectivity index (χ1) is 10.6. The van der Waals surface area contributed by atoms with Crippen molar-refractivity contribution < 1.29 is 4.52 Å². The minimum atomic E-state index is 0. The lowest BCUT2D eigenvalue weighted by Gasteiger charge is -2.21. The largest absolute Gasteiger partial charge is 0.356 e. The second-order valence-corrected chi connectivity index (χ2v) is 5.63. The number of hydrogen-bond acceptors (Lipinski definition) is 4. The number of halogens is 1. The number of hydrogen-bond donors (Lipinski definition) is 1. The molecule has 0 aromatic carbocycles. The molecule has 0 aliphatic heterocycles. The Balaban J connectivity index is 0.00000484. The zero-order valence-corrected chi connectivity index (χ0v) is 17.0. The van der Waals surface area contributed by atoms with E-state index in [9.17, 15) is 0 Å². The van der Waals surface area contributed by atoms with Gasteiger partial charge in [-0.1, -0.05) is 25.1 Å². The van der Waals surface area contributed by atoms with Gasteiger partial charge in [-0.15, -0.1) is 30.6 Å². The van der Waals surface area contributed by atoms with Crippen molar-refractivity contribution in [1.82, 2.24) is 20.4 Å². The first-order valence-electron chi connectivity index (χ1n) is 7.93. The van der Waals surface area contributed by atoms with E-state index < -0.39 is 0 Å². The molecule has 0 unspecified atom stereocenters. The molecule has 132 valence electrons. The SMILES string of the molecule is C=CCCCN(C)C(=NC)NCCCc1nc(C(C)C)no1.I. The molecule has 23 heavy (non-hydrogen) atoms. The summed E-state index contributed by atoms with van der Waals surface area (Å²) < 4.78 is 5.23. The van der Waals surface area contributed by atoms with Gasteiger partial charge in [-0.3, -0.25) is 4.99 Å². The molecule has 0 bridgehead atoms. The van der Waals surface area contributed by atoms with Gasteiger partial charge in [-0.05, 0) is 19.3 Å². The molecule has 7 heteroatoms. The van der Waals surface area contributed by atoms with Crippen LogP contribution in [0.1, 0.15) is 50.7 Å². The summed E-state index contributed by atoms with van der Waals surface area (Å²) >= 11 is 0. The topological polar surface area (TPSA) is 66.5 Å². The highest BCUT2D eigenvalue weighted by atomic mass is 127. The van der Waals surface area contributed by atoms with Crippen LogP contribution < -0.4 is 5.32 Å². The van der Waals surface area contributed by atoms with Gasteiger partial charge in [0.2, 0.25) is 5.89 Å². The molecule has 0 amide bonds. The Hall–Kier alpha value is -1.12. The van der Waals surface area contributed by atoms with E-state index >= 15 is 0 Å². The standard InChI is InChI=1S/C16H29N5O.HI/c1-6-7-8-12-21(5)16(17-4)18-11-9-10-14-19-15(13(2)3)20-22-14;/h6,13H,1,7-12H2,2-5H3,(H,17,18);1H. The zero-order valence-electron chi connectivity index (χ0n) is 14.7. The number of aliphatic imine (C=N–C) groups is 1. The second kappa shape index (κ2) is 12.3. The maximum atomic E-state index is 5.23. The Morgan fingerprint density at radius 2 is 2.17 bits per heavy atom. The fourth-order valence-corrected chi connectivity index (χ4v) is 2.01. The van der Waals surface area contributed by atoms with Crippen LogP contribution in [0.5, 0.6) is 0 Å². The Labute approximate surface area is 156 Å².